The number of aromatic nitrogens is 2. The van der Waals surface area contributed by atoms with Crippen molar-refractivity contribution in [1.29, 1.82) is 0 Å². The van der Waals surface area contributed by atoms with E-state index in [9.17, 15) is 4.79 Å². The van der Waals surface area contributed by atoms with Crippen molar-refractivity contribution in [2.45, 2.75) is 13.3 Å². The minimum atomic E-state index is -0.191. The zero-order chi connectivity index (χ0) is 16.1. The highest BCUT2D eigenvalue weighted by molar-refractivity contribution is 6.01. The molecule has 0 fully saturated rings. The third-order valence-electron chi connectivity index (χ3n) is 3.50. The highest BCUT2D eigenvalue weighted by Crippen LogP contribution is 2.11. The van der Waals surface area contributed by atoms with Crippen molar-refractivity contribution in [2.75, 3.05) is 5.32 Å². The summed E-state index contributed by atoms with van der Waals surface area (Å²) in [6, 6.07) is 15.5. The van der Waals surface area contributed by atoms with Gasteiger partial charge in [-0.15, -0.1) is 0 Å². The third kappa shape index (κ3) is 3.80. The molecule has 1 heterocycles. The van der Waals surface area contributed by atoms with E-state index >= 15 is 0 Å². The van der Waals surface area contributed by atoms with Crippen molar-refractivity contribution in [3.05, 3.63) is 72.1 Å². The van der Waals surface area contributed by atoms with Gasteiger partial charge in [0.25, 0.3) is 0 Å². The first-order chi connectivity index (χ1) is 11.2. The number of anilines is 1. The summed E-state index contributed by atoms with van der Waals surface area (Å²) in [6.45, 7) is 2.10. The van der Waals surface area contributed by atoms with Crippen LogP contribution in [0.15, 0.2) is 60.8 Å². The number of carbonyl (C=O) groups is 1. The number of fused-ring (bicyclic) bond motifs is 1. The van der Waals surface area contributed by atoms with E-state index in [1.54, 1.807) is 12.3 Å². The molecule has 4 nitrogen and oxygen atoms in total. The Morgan fingerprint density at radius 3 is 2.57 bits per heavy atom. The van der Waals surface area contributed by atoms with Crippen LogP contribution < -0.4 is 5.32 Å². The minimum Gasteiger partial charge on any atom is -0.323 e. The second kappa shape index (κ2) is 6.83. The van der Waals surface area contributed by atoms with Gasteiger partial charge in [-0.1, -0.05) is 31.2 Å². The molecule has 4 heteroatoms. The smallest absolute Gasteiger partial charge is 0.248 e. The molecule has 0 spiro atoms. The largest absolute Gasteiger partial charge is 0.323 e. The van der Waals surface area contributed by atoms with Crippen LogP contribution in [0.5, 0.6) is 0 Å². The molecule has 3 aromatic rings. The standard InChI is InChI=1S/C19H17N3O/c1-2-14-7-9-15(10-8-14)22-19(23)12-11-16-13-20-17-5-3-4-6-18(17)21-16/h3-13H,2H2,1H3,(H,22,23)/b12-11+. The predicted octanol–water partition coefficient (Wildman–Crippen LogP) is 3.84. The van der Waals surface area contributed by atoms with E-state index < -0.39 is 0 Å². The molecule has 0 radical (unpaired) electrons. The Balaban J connectivity index is 1.68. The topological polar surface area (TPSA) is 54.9 Å². The molecule has 0 atom stereocenters. The zero-order valence-corrected chi connectivity index (χ0v) is 12.9. The number of amides is 1. The van der Waals surface area contributed by atoms with E-state index in [0.29, 0.717) is 5.69 Å². The molecule has 0 bridgehead atoms. The lowest BCUT2D eigenvalue weighted by atomic mass is 10.1. The van der Waals surface area contributed by atoms with Crippen molar-refractivity contribution in [1.82, 2.24) is 9.97 Å². The summed E-state index contributed by atoms with van der Waals surface area (Å²) in [7, 11) is 0. The SMILES string of the molecule is CCc1ccc(NC(=O)/C=C/c2cnc3ccccc3n2)cc1. The average Bonchev–Trinajstić information content (AvgIpc) is 2.60. The fourth-order valence-corrected chi connectivity index (χ4v) is 2.22. The quantitative estimate of drug-likeness (QED) is 0.745. The van der Waals surface area contributed by atoms with Gasteiger partial charge >= 0.3 is 0 Å². The molecule has 1 aromatic heterocycles. The van der Waals surface area contributed by atoms with Gasteiger partial charge in [-0.3, -0.25) is 9.78 Å². The summed E-state index contributed by atoms with van der Waals surface area (Å²) in [5.74, 6) is -0.191. The van der Waals surface area contributed by atoms with Gasteiger partial charge in [-0.25, -0.2) is 4.98 Å². The summed E-state index contributed by atoms with van der Waals surface area (Å²) in [5.41, 5.74) is 4.32. The van der Waals surface area contributed by atoms with Crippen LogP contribution in [-0.4, -0.2) is 15.9 Å². The Kier molecular flexibility index (Phi) is 4.43. The number of benzene rings is 2. The monoisotopic (exact) mass is 303 g/mol. The summed E-state index contributed by atoms with van der Waals surface area (Å²) in [6.07, 6.45) is 5.76. The van der Waals surface area contributed by atoms with Gasteiger partial charge in [0.15, 0.2) is 0 Å². The maximum atomic E-state index is 12.0. The molecule has 2 aromatic carbocycles. The van der Waals surface area contributed by atoms with Crippen molar-refractivity contribution < 1.29 is 4.79 Å². The normalized spacial score (nSPS) is 11.0. The highest BCUT2D eigenvalue weighted by Gasteiger charge is 2.00. The van der Waals surface area contributed by atoms with Crippen molar-refractivity contribution in [2.24, 2.45) is 0 Å². The van der Waals surface area contributed by atoms with Crippen LogP contribution in [0, 0.1) is 0 Å². The molecule has 0 aliphatic heterocycles. The molecular formula is C19H17N3O. The Bertz CT molecular complexity index is 854. The van der Waals surface area contributed by atoms with Gasteiger partial charge in [0.05, 0.1) is 22.9 Å². The van der Waals surface area contributed by atoms with Crippen LogP contribution >= 0.6 is 0 Å². The lowest BCUT2D eigenvalue weighted by Crippen LogP contribution is -2.07. The molecule has 114 valence electrons. The summed E-state index contributed by atoms with van der Waals surface area (Å²) < 4.78 is 0. The van der Waals surface area contributed by atoms with Crippen LogP contribution in [0.25, 0.3) is 17.1 Å². The fourth-order valence-electron chi connectivity index (χ4n) is 2.22. The second-order valence-electron chi connectivity index (χ2n) is 5.16. The number of nitrogens with one attached hydrogen (secondary N) is 1. The zero-order valence-electron chi connectivity index (χ0n) is 12.9. The predicted molar refractivity (Wildman–Crippen MR) is 93.0 cm³/mol. The molecule has 3 rings (SSSR count). The Morgan fingerprint density at radius 1 is 1.09 bits per heavy atom. The minimum absolute atomic E-state index is 0.191. The van der Waals surface area contributed by atoms with Gasteiger partial charge in [-0.05, 0) is 42.3 Å². The number of para-hydroxylation sites is 2. The van der Waals surface area contributed by atoms with Crippen molar-refractivity contribution in [3.63, 3.8) is 0 Å². The van der Waals surface area contributed by atoms with E-state index in [1.165, 1.54) is 11.6 Å². The molecule has 23 heavy (non-hydrogen) atoms. The maximum Gasteiger partial charge on any atom is 0.248 e. The Hall–Kier alpha value is -3.01. The van der Waals surface area contributed by atoms with Gasteiger partial charge < -0.3 is 5.32 Å². The van der Waals surface area contributed by atoms with Gasteiger partial charge in [-0.2, -0.15) is 0 Å². The molecule has 0 aliphatic carbocycles. The van der Waals surface area contributed by atoms with Gasteiger partial charge in [0, 0.05) is 11.8 Å². The van der Waals surface area contributed by atoms with Gasteiger partial charge in [0.1, 0.15) is 0 Å². The van der Waals surface area contributed by atoms with E-state index in [2.05, 4.69) is 22.2 Å². The summed E-state index contributed by atoms with van der Waals surface area (Å²) >= 11 is 0. The molecule has 1 amide bonds. The van der Waals surface area contributed by atoms with E-state index in [4.69, 9.17) is 0 Å². The lowest BCUT2D eigenvalue weighted by Gasteiger charge is -2.03. The first-order valence-electron chi connectivity index (χ1n) is 7.54. The van der Waals surface area contributed by atoms with E-state index in [-0.39, 0.29) is 5.91 Å². The number of nitrogens with zero attached hydrogens (tertiary/aromatic N) is 2. The molecular weight excluding hydrogens is 286 g/mol. The van der Waals surface area contributed by atoms with Crippen LogP contribution in [-0.2, 0) is 11.2 Å². The number of rotatable bonds is 4. The van der Waals surface area contributed by atoms with Gasteiger partial charge in [0.2, 0.25) is 5.91 Å². The Morgan fingerprint density at radius 2 is 1.83 bits per heavy atom. The molecule has 0 unspecified atom stereocenters. The first kappa shape index (κ1) is 14.9. The van der Waals surface area contributed by atoms with Crippen LogP contribution in [0.3, 0.4) is 0 Å². The highest BCUT2D eigenvalue weighted by atomic mass is 16.1. The molecule has 0 saturated carbocycles. The number of carbonyl (C=O) groups excluding carboxylic acids is 1. The van der Waals surface area contributed by atoms with E-state index in [0.717, 1.165) is 23.1 Å². The number of hydrogen-bond donors (Lipinski definition) is 1. The first-order valence-corrected chi connectivity index (χ1v) is 7.54. The second-order valence-corrected chi connectivity index (χ2v) is 5.16. The average molecular weight is 303 g/mol. The summed E-state index contributed by atoms with van der Waals surface area (Å²) in [4.78, 5) is 20.7. The lowest BCUT2D eigenvalue weighted by molar-refractivity contribution is -0.111. The van der Waals surface area contributed by atoms with Crippen molar-refractivity contribution in [3.8, 4) is 0 Å². The third-order valence-corrected chi connectivity index (χ3v) is 3.50. The van der Waals surface area contributed by atoms with Crippen LogP contribution in [0.1, 0.15) is 18.2 Å². The van der Waals surface area contributed by atoms with Crippen LogP contribution in [0.2, 0.25) is 0 Å². The molecule has 0 aliphatic rings. The van der Waals surface area contributed by atoms with Crippen molar-refractivity contribution >= 4 is 28.7 Å². The number of hydrogen-bond acceptors (Lipinski definition) is 3. The Labute approximate surface area is 134 Å². The molecule has 1 N–H and O–H groups in total. The van der Waals surface area contributed by atoms with Crippen LogP contribution in [0.4, 0.5) is 5.69 Å². The van der Waals surface area contributed by atoms with E-state index in [1.807, 2.05) is 48.5 Å². The summed E-state index contributed by atoms with van der Waals surface area (Å²) in [5, 5.41) is 2.83. The maximum absolute atomic E-state index is 12.0. The molecule has 0 saturated heterocycles. The fraction of sp³-hybridized carbons (Fsp3) is 0.105. The number of aryl methyl sites for hydroxylation is 1.